The van der Waals surface area contributed by atoms with Crippen LogP contribution in [0.2, 0.25) is 0 Å². The summed E-state index contributed by atoms with van der Waals surface area (Å²) in [5.74, 6) is -4.59. The second-order valence-electron chi connectivity index (χ2n) is 3.84. The van der Waals surface area contributed by atoms with Crippen LogP contribution in [-0.4, -0.2) is 45.5 Å². The maximum atomic E-state index is 11.5. The Morgan fingerprint density at radius 3 is 2.11 bits per heavy atom. The van der Waals surface area contributed by atoms with Crippen LogP contribution in [0.1, 0.15) is 33.1 Å². The third-order valence-corrected chi connectivity index (χ3v) is 2.60. The highest BCUT2D eigenvalue weighted by Gasteiger charge is 2.54. The third kappa shape index (κ3) is 3.96. The number of hydrogen-bond donors (Lipinski definition) is 2. The standard InChI is InChI=1S/C11H17ClO6/c1-3-8(13)11(9(14)15,10(16)17)18-6-4-5-7(2)12/h7H,3-6H2,1-2H3,(H,14,15)(H,16,17). The lowest BCUT2D eigenvalue weighted by Gasteiger charge is -2.23. The van der Waals surface area contributed by atoms with Gasteiger partial charge in [-0.1, -0.05) is 6.92 Å². The number of carbonyl (C=O) groups is 3. The van der Waals surface area contributed by atoms with Gasteiger partial charge in [0.25, 0.3) is 0 Å². The van der Waals surface area contributed by atoms with Crippen molar-refractivity contribution < 1.29 is 29.3 Å². The van der Waals surface area contributed by atoms with E-state index in [2.05, 4.69) is 0 Å². The van der Waals surface area contributed by atoms with E-state index in [1.54, 1.807) is 6.92 Å². The molecule has 0 saturated heterocycles. The first-order valence-corrected chi connectivity index (χ1v) is 6.00. The van der Waals surface area contributed by atoms with Crippen LogP contribution in [0.25, 0.3) is 0 Å². The van der Waals surface area contributed by atoms with E-state index in [9.17, 15) is 14.4 Å². The molecule has 6 nitrogen and oxygen atoms in total. The highest BCUT2D eigenvalue weighted by Crippen LogP contribution is 2.17. The van der Waals surface area contributed by atoms with Crippen LogP contribution in [0.15, 0.2) is 0 Å². The lowest BCUT2D eigenvalue weighted by molar-refractivity contribution is -0.186. The van der Waals surface area contributed by atoms with Crippen LogP contribution >= 0.6 is 11.6 Å². The number of Topliss-reactive ketones (excluding diaryl/α,β-unsaturated/α-hetero) is 1. The fourth-order valence-corrected chi connectivity index (χ4v) is 1.53. The molecule has 0 fully saturated rings. The largest absolute Gasteiger partial charge is 0.478 e. The predicted molar refractivity (Wildman–Crippen MR) is 63.8 cm³/mol. The monoisotopic (exact) mass is 280 g/mol. The molecule has 0 saturated carbocycles. The molecule has 0 aromatic heterocycles. The summed E-state index contributed by atoms with van der Waals surface area (Å²) in [4.78, 5) is 33.6. The molecule has 18 heavy (non-hydrogen) atoms. The molecule has 1 unspecified atom stereocenters. The summed E-state index contributed by atoms with van der Waals surface area (Å²) < 4.78 is 4.85. The van der Waals surface area contributed by atoms with Gasteiger partial charge in [0.05, 0.1) is 0 Å². The van der Waals surface area contributed by atoms with Crippen LogP contribution in [0.5, 0.6) is 0 Å². The van der Waals surface area contributed by atoms with E-state index in [0.29, 0.717) is 12.8 Å². The molecule has 7 heteroatoms. The molecule has 0 aliphatic rings. The Morgan fingerprint density at radius 2 is 1.78 bits per heavy atom. The highest BCUT2D eigenvalue weighted by molar-refractivity contribution is 6.23. The van der Waals surface area contributed by atoms with Crippen LogP contribution in [-0.2, 0) is 19.1 Å². The molecule has 0 rings (SSSR count). The van der Waals surface area contributed by atoms with E-state index in [-0.39, 0.29) is 18.4 Å². The summed E-state index contributed by atoms with van der Waals surface area (Å²) in [5.41, 5.74) is -2.80. The molecule has 0 radical (unpaired) electrons. The smallest absolute Gasteiger partial charge is 0.355 e. The summed E-state index contributed by atoms with van der Waals surface area (Å²) in [6.45, 7) is 2.98. The Hall–Kier alpha value is -1.14. The fraction of sp³-hybridized carbons (Fsp3) is 0.727. The van der Waals surface area contributed by atoms with Gasteiger partial charge in [-0.3, -0.25) is 4.79 Å². The topological polar surface area (TPSA) is 101 Å². The van der Waals surface area contributed by atoms with Gasteiger partial charge in [0.2, 0.25) is 0 Å². The van der Waals surface area contributed by atoms with Gasteiger partial charge in [-0.2, -0.15) is 0 Å². The third-order valence-electron chi connectivity index (χ3n) is 2.38. The Bertz CT molecular complexity index is 311. The molecule has 1 atom stereocenters. The molecule has 0 amide bonds. The van der Waals surface area contributed by atoms with Gasteiger partial charge in [0, 0.05) is 18.4 Å². The van der Waals surface area contributed by atoms with Gasteiger partial charge in [0.15, 0.2) is 5.78 Å². The van der Waals surface area contributed by atoms with Crippen molar-refractivity contribution in [3.05, 3.63) is 0 Å². The highest BCUT2D eigenvalue weighted by atomic mass is 35.5. The Morgan fingerprint density at radius 1 is 1.28 bits per heavy atom. The van der Waals surface area contributed by atoms with Crippen LogP contribution in [0.4, 0.5) is 0 Å². The van der Waals surface area contributed by atoms with E-state index in [1.807, 2.05) is 0 Å². The van der Waals surface area contributed by atoms with Crippen molar-refractivity contribution in [2.45, 2.75) is 44.1 Å². The summed E-state index contributed by atoms with van der Waals surface area (Å²) in [7, 11) is 0. The number of alkyl halides is 1. The van der Waals surface area contributed by atoms with E-state index >= 15 is 0 Å². The lowest BCUT2D eigenvalue weighted by atomic mass is 9.96. The van der Waals surface area contributed by atoms with Crippen LogP contribution < -0.4 is 0 Å². The molecular weight excluding hydrogens is 264 g/mol. The number of carboxylic acids is 2. The molecule has 0 spiro atoms. The van der Waals surface area contributed by atoms with Crippen molar-refractivity contribution in [2.75, 3.05) is 6.61 Å². The average Bonchev–Trinajstić information content (AvgIpc) is 2.27. The molecule has 0 aromatic rings. The molecular formula is C11H17ClO6. The Labute approximate surface area is 110 Å². The van der Waals surface area contributed by atoms with Gasteiger partial charge in [-0.25, -0.2) is 9.59 Å². The number of rotatable bonds is 9. The van der Waals surface area contributed by atoms with E-state index < -0.39 is 23.3 Å². The molecule has 0 aliphatic carbocycles. The van der Waals surface area contributed by atoms with Gasteiger partial charge in [0.1, 0.15) is 0 Å². The van der Waals surface area contributed by atoms with Crippen molar-refractivity contribution in [3.63, 3.8) is 0 Å². The van der Waals surface area contributed by atoms with Crippen molar-refractivity contribution in [1.29, 1.82) is 0 Å². The lowest BCUT2D eigenvalue weighted by Crippen LogP contribution is -2.55. The first-order chi connectivity index (χ1) is 8.28. The van der Waals surface area contributed by atoms with E-state index in [4.69, 9.17) is 26.6 Å². The number of halogens is 1. The Balaban J connectivity index is 4.82. The maximum absolute atomic E-state index is 11.5. The molecule has 0 aliphatic heterocycles. The first kappa shape index (κ1) is 16.9. The van der Waals surface area contributed by atoms with Crippen molar-refractivity contribution in [2.24, 2.45) is 0 Å². The minimum absolute atomic E-state index is 0.125. The van der Waals surface area contributed by atoms with Crippen molar-refractivity contribution >= 4 is 29.3 Å². The second kappa shape index (κ2) is 7.33. The summed E-state index contributed by atoms with van der Waals surface area (Å²) in [6, 6.07) is 0. The number of carbonyl (C=O) groups excluding carboxylic acids is 1. The quantitative estimate of drug-likeness (QED) is 0.375. The van der Waals surface area contributed by atoms with Crippen molar-refractivity contribution in [3.8, 4) is 0 Å². The van der Waals surface area contributed by atoms with Crippen LogP contribution in [0.3, 0.4) is 0 Å². The minimum atomic E-state index is -2.80. The van der Waals surface area contributed by atoms with Crippen molar-refractivity contribution in [1.82, 2.24) is 0 Å². The minimum Gasteiger partial charge on any atom is -0.478 e. The predicted octanol–water partition coefficient (Wildman–Crippen LogP) is 1.30. The zero-order valence-corrected chi connectivity index (χ0v) is 11.1. The van der Waals surface area contributed by atoms with Crippen LogP contribution in [0, 0.1) is 0 Å². The number of ether oxygens (including phenoxy) is 1. The van der Waals surface area contributed by atoms with E-state index in [1.165, 1.54) is 6.92 Å². The second-order valence-corrected chi connectivity index (χ2v) is 4.58. The van der Waals surface area contributed by atoms with E-state index in [0.717, 1.165) is 0 Å². The molecule has 0 bridgehead atoms. The zero-order valence-electron chi connectivity index (χ0n) is 10.3. The summed E-state index contributed by atoms with van der Waals surface area (Å²) >= 11 is 5.69. The van der Waals surface area contributed by atoms with Gasteiger partial charge >= 0.3 is 17.5 Å². The molecule has 2 N–H and O–H groups in total. The normalized spacial score (nSPS) is 13.1. The van der Waals surface area contributed by atoms with Gasteiger partial charge < -0.3 is 14.9 Å². The average molecular weight is 281 g/mol. The zero-order chi connectivity index (χ0) is 14.3. The number of ketones is 1. The summed E-state index contributed by atoms with van der Waals surface area (Å²) in [6.07, 6.45) is 0.686. The number of hydrogen-bond acceptors (Lipinski definition) is 4. The molecule has 0 aromatic carbocycles. The van der Waals surface area contributed by atoms with Gasteiger partial charge in [-0.05, 0) is 19.8 Å². The first-order valence-electron chi connectivity index (χ1n) is 5.57. The summed E-state index contributed by atoms with van der Waals surface area (Å²) in [5, 5.41) is 17.8. The molecule has 104 valence electrons. The van der Waals surface area contributed by atoms with Gasteiger partial charge in [-0.15, -0.1) is 11.6 Å². The molecule has 0 heterocycles. The maximum Gasteiger partial charge on any atom is 0.355 e. The number of aliphatic carboxylic acids is 2. The SMILES string of the molecule is CCC(=O)C(OCCCC(C)Cl)(C(=O)O)C(=O)O. The fourth-order valence-electron chi connectivity index (χ4n) is 1.37. The Kier molecular flexibility index (Phi) is 6.86. The number of carboxylic acid groups (broad SMARTS) is 2.